The molecule has 0 heterocycles. The maximum Gasteiger partial charge on any atom is 0.100 e. The third-order valence-corrected chi connectivity index (χ3v) is 0.968. The summed E-state index contributed by atoms with van der Waals surface area (Å²) in [6.07, 6.45) is -0.819. The van der Waals surface area contributed by atoms with Crippen LogP contribution in [0.15, 0.2) is 0 Å². The van der Waals surface area contributed by atoms with Crippen molar-refractivity contribution >= 4 is 29.6 Å². The summed E-state index contributed by atoms with van der Waals surface area (Å²) >= 11 is 0. The monoisotopic (exact) mass is 205 g/mol. The van der Waals surface area contributed by atoms with Crippen LogP contribution in [0.1, 0.15) is 13.3 Å². The second-order valence-corrected chi connectivity index (χ2v) is 2.38. The van der Waals surface area contributed by atoms with Crippen LogP contribution in [0.4, 0.5) is 0 Å². The Morgan fingerprint density at radius 2 is 1.38 bits per heavy atom. The van der Waals surface area contributed by atoms with Crippen LogP contribution < -0.4 is 0 Å². The van der Waals surface area contributed by atoms with E-state index in [1.807, 2.05) is 0 Å². The quantitative estimate of drug-likeness (QED) is 0.332. The largest absolute Gasteiger partial charge is 0.396 e. The molecule has 1 unspecified atom stereocenters. The van der Waals surface area contributed by atoms with Crippen molar-refractivity contribution in [2.75, 3.05) is 19.8 Å². The van der Waals surface area contributed by atoms with Crippen molar-refractivity contribution < 1.29 is 25.5 Å². The zero-order valence-electron chi connectivity index (χ0n) is 8.22. The first kappa shape index (κ1) is 19.4. The average molecular weight is 205 g/mol. The number of hydrogen-bond acceptors (Lipinski definition) is 5. The first-order valence-electron chi connectivity index (χ1n) is 3.77. The molecule has 0 rings (SSSR count). The summed E-state index contributed by atoms with van der Waals surface area (Å²) in [5.74, 6) is 0. The summed E-state index contributed by atoms with van der Waals surface area (Å²) in [5.41, 5.74) is 0. The van der Waals surface area contributed by atoms with Crippen LogP contribution in [0, 0.1) is 0 Å². The molecule has 0 amide bonds. The van der Waals surface area contributed by atoms with E-state index < -0.39 is 6.10 Å². The fourth-order valence-electron chi connectivity index (χ4n) is 0.245. The maximum absolute atomic E-state index is 8.39. The van der Waals surface area contributed by atoms with E-state index in [4.69, 9.17) is 25.5 Å². The third kappa shape index (κ3) is 24.5. The summed E-state index contributed by atoms with van der Waals surface area (Å²) in [6, 6.07) is 0. The molecule has 0 saturated carbocycles. The van der Waals surface area contributed by atoms with Gasteiger partial charge in [-0.25, -0.2) is 0 Å². The summed E-state index contributed by atoms with van der Waals surface area (Å²) in [7, 11) is 0. The molecule has 5 N–H and O–H groups in total. The summed E-state index contributed by atoms with van der Waals surface area (Å²) < 4.78 is 0. The van der Waals surface area contributed by atoms with Crippen LogP contribution in [-0.2, 0) is 0 Å². The van der Waals surface area contributed by atoms with Gasteiger partial charge in [-0.2, -0.15) is 0 Å². The second kappa shape index (κ2) is 15.3. The normalized spacial score (nSPS) is 11.3. The van der Waals surface area contributed by atoms with Crippen LogP contribution in [-0.4, -0.2) is 87.1 Å². The smallest absolute Gasteiger partial charge is 0.100 e. The first-order chi connectivity index (χ1) is 5.58. The Labute approximate surface area is 100 Å². The molecule has 0 bridgehead atoms. The number of aliphatic hydroxyl groups excluding tert-OH is 5. The topological polar surface area (TPSA) is 101 Å². The molecule has 13 heavy (non-hydrogen) atoms. The van der Waals surface area contributed by atoms with Crippen molar-refractivity contribution in [3.63, 3.8) is 0 Å². The van der Waals surface area contributed by atoms with Crippen molar-refractivity contribution in [2.45, 2.75) is 25.6 Å². The van der Waals surface area contributed by atoms with Gasteiger partial charge >= 0.3 is 0 Å². The van der Waals surface area contributed by atoms with Crippen molar-refractivity contribution in [2.24, 2.45) is 0 Å². The van der Waals surface area contributed by atoms with E-state index >= 15 is 0 Å². The summed E-state index contributed by atoms with van der Waals surface area (Å²) in [4.78, 5) is 0. The van der Waals surface area contributed by atoms with Crippen molar-refractivity contribution in [1.29, 1.82) is 0 Å². The molecule has 0 aliphatic heterocycles. The van der Waals surface area contributed by atoms with Crippen LogP contribution in [0.5, 0.6) is 0 Å². The van der Waals surface area contributed by atoms with Crippen molar-refractivity contribution in [3.05, 3.63) is 0 Å². The van der Waals surface area contributed by atoms with Gasteiger partial charge in [0.2, 0.25) is 0 Å². The van der Waals surface area contributed by atoms with Crippen molar-refractivity contribution in [3.8, 4) is 0 Å². The Kier molecular flexibility index (Phi) is 22.8. The Balaban J connectivity index is -0.000000143. The molecular weight excluding hydrogens is 187 g/mol. The molecule has 77 valence electrons. The Morgan fingerprint density at radius 3 is 1.38 bits per heavy atom. The van der Waals surface area contributed by atoms with E-state index in [2.05, 4.69) is 0 Å². The molecular formula is C7H18NaO5. The van der Waals surface area contributed by atoms with Crippen LogP contribution in [0.2, 0.25) is 0 Å². The van der Waals surface area contributed by atoms with Gasteiger partial charge in [0.25, 0.3) is 0 Å². The number of rotatable bonds is 4. The predicted molar refractivity (Wildman–Crippen MR) is 49.3 cm³/mol. The SMILES string of the molecule is CC(O)CCO.OCC(O)CO.[Na]. The van der Waals surface area contributed by atoms with Gasteiger partial charge < -0.3 is 25.5 Å². The molecule has 1 atom stereocenters. The number of aliphatic hydroxyl groups is 5. The van der Waals surface area contributed by atoms with Gasteiger partial charge in [0.15, 0.2) is 0 Å². The van der Waals surface area contributed by atoms with Gasteiger partial charge in [-0.1, -0.05) is 0 Å². The van der Waals surface area contributed by atoms with E-state index in [-0.39, 0.29) is 55.5 Å². The van der Waals surface area contributed by atoms with Crippen LogP contribution >= 0.6 is 0 Å². The van der Waals surface area contributed by atoms with Gasteiger partial charge in [-0.15, -0.1) is 0 Å². The molecule has 0 aromatic rings. The van der Waals surface area contributed by atoms with E-state index in [9.17, 15) is 0 Å². The van der Waals surface area contributed by atoms with E-state index in [1.165, 1.54) is 0 Å². The van der Waals surface area contributed by atoms with Gasteiger partial charge in [0.1, 0.15) is 6.10 Å². The third-order valence-electron chi connectivity index (χ3n) is 0.968. The molecule has 0 spiro atoms. The minimum absolute atomic E-state index is 0. The molecule has 6 heteroatoms. The summed E-state index contributed by atoms with van der Waals surface area (Å²) in [5, 5.41) is 40.5. The molecule has 0 aliphatic carbocycles. The van der Waals surface area contributed by atoms with Crippen LogP contribution in [0.25, 0.3) is 0 Å². The van der Waals surface area contributed by atoms with Gasteiger partial charge in [0, 0.05) is 36.2 Å². The molecule has 5 nitrogen and oxygen atoms in total. The van der Waals surface area contributed by atoms with Gasteiger partial charge in [0.05, 0.1) is 19.3 Å². The molecule has 0 aromatic heterocycles. The summed E-state index contributed by atoms with van der Waals surface area (Å²) in [6.45, 7) is 1.00. The molecule has 0 fully saturated rings. The van der Waals surface area contributed by atoms with E-state index in [0.29, 0.717) is 6.42 Å². The second-order valence-electron chi connectivity index (χ2n) is 2.38. The van der Waals surface area contributed by atoms with Crippen LogP contribution in [0.3, 0.4) is 0 Å². The molecule has 1 radical (unpaired) electrons. The average Bonchev–Trinajstić information content (AvgIpc) is 2.04. The zero-order chi connectivity index (χ0) is 9.98. The van der Waals surface area contributed by atoms with Gasteiger partial charge in [-0.05, 0) is 13.3 Å². The Bertz CT molecular complexity index is 77.3. The standard InChI is InChI=1S/C4H10O2.C3H8O3.Na/c1-4(6)2-3-5;4-1-3(6)2-5;/h4-6H,2-3H2,1H3;3-6H,1-2H2;. The molecule has 0 aliphatic rings. The molecule has 0 saturated heterocycles. The maximum atomic E-state index is 8.39. The number of hydrogen-bond donors (Lipinski definition) is 5. The predicted octanol–water partition coefficient (Wildman–Crippen LogP) is -2.30. The fourth-order valence-corrected chi connectivity index (χ4v) is 0.245. The fraction of sp³-hybridized carbons (Fsp3) is 1.00. The minimum atomic E-state index is -0.954. The van der Waals surface area contributed by atoms with E-state index in [1.54, 1.807) is 6.92 Å². The molecule has 0 aromatic carbocycles. The van der Waals surface area contributed by atoms with Gasteiger partial charge in [-0.3, -0.25) is 0 Å². The minimum Gasteiger partial charge on any atom is -0.396 e. The first-order valence-corrected chi connectivity index (χ1v) is 3.77. The van der Waals surface area contributed by atoms with Crippen molar-refractivity contribution in [1.82, 2.24) is 0 Å². The zero-order valence-corrected chi connectivity index (χ0v) is 10.2. The van der Waals surface area contributed by atoms with E-state index in [0.717, 1.165) is 0 Å². The Morgan fingerprint density at radius 1 is 1.00 bits per heavy atom. The Hall–Kier alpha value is 0.800.